The maximum absolute atomic E-state index is 7.55. The predicted octanol–water partition coefficient (Wildman–Crippen LogP) is -0.250. The zero-order valence-corrected chi connectivity index (χ0v) is 16.4. The minimum absolute atomic E-state index is 0. The van der Waals surface area contributed by atoms with Crippen LogP contribution >= 0.6 is 0 Å². The summed E-state index contributed by atoms with van der Waals surface area (Å²) in [5, 5.41) is 14.5. The van der Waals surface area contributed by atoms with E-state index in [0.717, 1.165) is 11.4 Å². The molecular formula is C20H16Li2N6. The van der Waals surface area contributed by atoms with Crippen molar-refractivity contribution in [3.8, 4) is 0 Å². The molecule has 0 atom stereocenters. The number of nitrogens with one attached hydrogen (secondary N) is 2. The molecule has 0 aliphatic rings. The van der Waals surface area contributed by atoms with Crippen LogP contribution in [0.2, 0.25) is 0 Å². The normalized spacial score (nSPS) is 9.75. The van der Waals surface area contributed by atoms with E-state index in [9.17, 15) is 0 Å². The van der Waals surface area contributed by atoms with Crippen molar-refractivity contribution in [1.82, 2.24) is 4.98 Å². The Kier molecular flexibility index (Phi) is 9.53. The number of benzene rings is 2. The van der Waals surface area contributed by atoms with Gasteiger partial charge in [0.25, 0.3) is 0 Å². The van der Waals surface area contributed by atoms with Gasteiger partial charge in [0.1, 0.15) is 11.5 Å². The van der Waals surface area contributed by atoms with Gasteiger partial charge in [-0.2, -0.15) is 46.6 Å². The molecule has 0 unspecified atom stereocenters. The summed E-state index contributed by atoms with van der Waals surface area (Å²) in [6.45, 7) is 9.39. The first-order valence-corrected chi connectivity index (χ1v) is 7.91. The fourth-order valence-electron chi connectivity index (χ4n) is 2.43. The Morgan fingerprint density at radius 3 is 1.89 bits per heavy atom. The first kappa shape index (κ1) is 23.5. The average molecular weight is 354 g/mol. The largest absolute Gasteiger partial charge is 1.00 e. The third-order valence-corrected chi connectivity index (χ3v) is 3.66. The van der Waals surface area contributed by atoms with Crippen LogP contribution in [0.5, 0.6) is 0 Å². The summed E-state index contributed by atoms with van der Waals surface area (Å²) < 4.78 is 0. The summed E-state index contributed by atoms with van der Waals surface area (Å²) in [6.07, 6.45) is 0. The standard InChI is InChI=1S/C20H16N6.2Li/c1-14-17(21-2)19(23-15-10-6-4-7-11-15)25-20(18(14)26-22-3)24-16-12-8-5-9-13-16;;/h6-13H,1,3H3,(H2,23,24,25);;/q-2;2*+1. The van der Waals surface area contributed by atoms with Crippen LogP contribution < -0.4 is 48.4 Å². The van der Waals surface area contributed by atoms with Crippen molar-refractivity contribution in [3.05, 3.63) is 77.6 Å². The van der Waals surface area contributed by atoms with Crippen LogP contribution in [0, 0.1) is 25.6 Å². The number of pyridine rings is 1. The van der Waals surface area contributed by atoms with Gasteiger partial charge in [-0.1, -0.05) is 11.4 Å². The number of nitrogens with zero attached hydrogens (tertiary/aromatic N) is 4. The van der Waals surface area contributed by atoms with Crippen molar-refractivity contribution >= 4 is 34.4 Å². The Bertz CT molecular complexity index is 969. The molecule has 0 bridgehead atoms. The molecule has 6 nitrogen and oxygen atoms in total. The van der Waals surface area contributed by atoms with E-state index in [1.165, 1.54) is 0 Å². The van der Waals surface area contributed by atoms with Gasteiger partial charge < -0.3 is 10.6 Å². The molecule has 0 spiro atoms. The van der Waals surface area contributed by atoms with Crippen LogP contribution in [-0.4, -0.2) is 12.0 Å². The topological polar surface area (TPSA) is 66.0 Å². The van der Waals surface area contributed by atoms with Crippen LogP contribution in [0.3, 0.4) is 0 Å². The third kappa shape index (κ3) is 5.49. The minimum atomic E-state index is 0. The second-order valence-corrected chi connectivity index (χ2v) is 5.37. The molecule has 3 aromatic rings. The number of azo groups is 1. The quantitative estimate of drug-likeness (QED) is 0.377. The fraction of sp³-hybridized carbons (Fsp3) is 0.100. The Morgan fingerprint density at radius 1 is 0.929 bits per heavy atom. The SMILES string of the molecule is [C-]#[N+]c1c(Nc2cc[c-]cc2)nc(Nc2cc[c-]cc2)c(N=NC)c1C.[Li+].[Li+]. The van der Waals surface area contributed by atoms with Gasteiger partial charge in [0.15, 0.2) is 5.82 Å². The molecule has 0 aliphatic heterocycles. The van der Waals surface area contributed by atoms with Crippen molar-refractivity contribution in [3.63, 3.8) is 0 Å². The van der Waals surface area contributed by atoms with Crippen LogP contribution in [0.25, 0.3) is 4.85 Å². The molecule has 0 saturated carbocycles. The van der Waals surface area contributed by atoms with Crippen molar-refractivity contribution in [2.24, 2.45) is 10.2 Å². The van der Waals surface area contributed by atoms with Gasteiger partial charge in [-0.15, -0.1) is 24.3 Å². The molecule has 0 aliphatic carbocycles. The first-order chi connectivity index (χ1) is 12.7. The number of hydrogen-bond acceptors (Lipinski definition) is 5. The Balaban J connectivity index is 0.00000196. The van der Waals surface area contributed by atoms with E-state index in [1.54, 1.807) is 19.2 Å². The van der Waals surface area contributed by atoms with E-state index >= 15 is 0 Å². The fourth-order valence-corrected chi connectivity index (χ4v) is 2.43. The van der Waals surface area contributed by atoms with Gasteiger partial charge in [0, 0.05) is 7.05 Å². The molecule has 1 aromatic heterocycles. The Hall–Kier alpha value is -2.53. The smallest absolute Gasteiger partial charge is 0.372 e. The van der Waals surface area contributed by atoms with E-state index < -0.39 is 0 Å². The summed E-state index contributed by atoms with van der Waals surface area (Å²) in [5.74, 6) is 0.987. The summed E-state index contributed by atoms with van der Waals surface area (Å²) in [4.78, 5) is 8.24. The van der Waals surface area contributed by atoms with E-state index in [0.29, 0.717) is 28.6 Å². The third-order valence-electron chi connectivity index (χ3n) is 3.66. The number of anilines is 4. The van der Waals surface area contributed by atoms with Crippen LogP contribution in [0.4, 0.5) is 34.4 Å². The Labute approximate surface area is 189 Å². The molecule has 0 fully saturated rings. The maximum atomic E-state index is 7.55. The molecule has 3 rings (SSSR count). The van der Waals surface area contributed by atoms with Gasteiger partial charge in [0.2, 0.25) is 5.69 Å². The van der Waals surface area contributed by atoms with Crippen molar-refractivity contribution < 1.29 is 37.7 Å². The molecule has 2 N–H and O–H groups in total. The molecule has 0 radical (unpaired) electrons. The second-order valence-electron chi connectivity index (χ2n) is 5.37. The van der Waals surface area contributed by atoms with Gasteiger partial charge in [-0.3, -0.25) is 0 Å². The van der Waals surface area contributed by atoms with Crippen molar-refractivity contribution in [2.45, 2.75) is 6.92 Å². The minimum Gasteiger partial charge on any atom is -0.372 e. The van der Waals surface area contributed by atoms with Crippen LogP contribution in [-0.2, 0) is 0 Å². The van der Waals surface area contributed by atoms with Gasteiger partial charge >= 0.3 is 37.7 Å². The molecule has 2 aromatic carbocycles. The van der Waals surface area contributed by atoms with E-state index in [-0.39, 0.29) is 37.7 Å². The molecule has 28 heavy (non-hydrogen) atoms. The Morgan fingerprint density at radius 2 is 1.43 bits per heavy atom. The zero-order valence-electron chi connectivity index (χ0n) is 16.4. The number of rotatable bonds is 5. The molecule has 8 heteroatoms. The van der Waals surface area contributed by atoms with Crippen molar-refractivity contribution in [2.75, 3.05) is 17.7 Å². The summed E-state index contributed by atoms with van der Waals surface area (Å²) in [7, 11) is 1.59. The zero-order chi connectivity index (χ0) is 18.4. The molecule has 1 heterocycles. The predicted molar refractivity (Wildman–Crippen MR) is 103 cm³/mol. The van der Waals surface area contributed by atoms with Crippen molar-refractivity contribution in [1.29, 1.82) is 0 Å². The number of hydrogen-bond donors (Lipinski definition) is 2. The van der Waals surface area contributed by atoms with Crippen LogP contribution in [0.15, 0.2) is 58.8 Å². The maximum Gasteiger partial charge on any atom is 1.00 e. The first-order valence-electron chi connectivity index (χ1n) is 7.91. The summed E-state index contributed by atoms with van der Waals surface area (Å²) in [6, 6.07) is 20.6. The summed E-state index contributed by atoms with van der Waals surface area (Å²) >= 11 is 0. The number of aromatic nitrogens is 1. The molecular weight excluding hydrogens is 338 g/mol. The van der Waals surface area contributed by atoms with Gasteiger partial charge in [0.05, 0.1) is 6.57 Å². The average Bonchev–Trinajstić information content (AvgIpc) is 2.67. The van der Waals surface area contributed by atoms with E-state index in [4.69, 9.17) is 6.57 Å². The molecule has 0 saturated heterocycles. The molecule has 0 amide bonds. The summed E-state index contributed by atoms with van der Waals surface area (Å²) in [5.41, 5.74) is 3.32. The van der Waals surface area contributed by atoms with Crippen LogP contribution in [0.1, 0.15) is 5.56 Å². The van der Waals surface area contributed by atoms with Gasteiger partial charge in [-0.05, 0) is 12.5 Å². The van der Waals surface area contributed by atoms with E-state index in [1.807, 2.05) is 43.3 Å². The second kappa shape index (κ2) is 11.3. The molecule has 128 valence electrons. The monoisotopic (exact) mass is 354 g/mol. The van der Waals surface area contributed by atoms with E-state index in [2.05, 4.69) is 42.8 Å². The van der Waals surface area contributed by atoms with Gasteiger partial charge in [-0.25, -0.2) is 9.83 Å².